The van der Waals surface area contributed by atoms with Crippen LogP contribution in [0.5, 0.6) is 0 Å². The highest BCUT2D eigenvalue weighted by Crippen LogP contribution is 2.40. The summed E-state index contributed by atoms with van der Waals surface area (Å²) in [6.45, 7) is 0. The lowest BCUT2D eigenvalue weighted by molar-refractivity contribution is 0.620. The van der Waals surface area contributed by atoms with Gasteiger partial charge in [0, 0.05) is 21.9 Å². The van der Waals surface area contributed by atoms with Crippen LogP contribution in [-0.4, -0.2) is 4.98 Å². The van der Waals surface area contributed by atoms with E-state index in [2.05, 4.69) is 83.8 Å². The predicted molar refractivity (Wildman–Crippen MR) is 138 cm³/mol. The lowest BCUT2D eigenvalue weighted by Gasteiger charge is -2.11. The molecule has 3 nitrogen and oxygen atoms in total. The van der Waals surface area contributed by atoms with Crippen molar-refractivity contribution in [2.24, 2.45) is 0 Å². The van der Waals surface area contributed by atoms with Crippen molar-refractivity contribution in [2.75, 3.05) is 0 Å². The number of aromatic nitrogens is 1. The predicted octanol–water partition coefficient (Wildman–Crippen LogP) is 8.73. The van der Waals surface area contributed by atoms with Crippen LogP contribution < -0.4 is 0 Å². The third-order valence-corrected chi connectivity index (χ3v) is 6.36. The molecule has 0 radical (unpaired) electrons. The first-order valence-corrected chi connectivity index (χ1v) is 11.3. The van der Waals surface area contributed by atoms with Gasteiger partial charge in [-0.2, -0.15) is 0 Å². The molecule has 3 heteroatoms. The van der Waals surface area contributed by atoms with Gasteiger partial charge in [-0.15, -0.1) is 0 Å². The fraction of sp³-hybridized carbons (Fsp3) is 0. The van der Waals surface area contributed by atoms with Crippen LogP contribution in [0.1, 0.15) is 0 Å². The molecule has 0 N–H and O–H groups in total. The SMILES string of the molecule is c1ccc(-c2cccc3c2oc2ccccc23)c(-c2ccc(-c3nc4ccccc4o3)cc2)c1. The van der Waals surface area contributed by atoms with Gasteiger partial charge >= 0.3 is 0 Å². The number of fused-ring (bicyclic) bond motifs is 4. The summed E-state index contributed by atoms with van der Waals surface area (Å²) in [5, 5.41) is 2.27. The molecular weight excluding hydrogens is 418 g/mol. The van der Waals surface area contributed by atoms with Crippen LogP contribution in [0.2, 0.25) is 0 Å². The molecular formula is C31H19NO2. The van der Waals surface area contributed by atoms with Gasteiger partial charge in [-0.1, -0.05) is 84.9 Å². The van der Waals surface area contributed by atoms with E-state index in [1.165, 1.54) is 0 Å². The molecule has 7 rings (SSSR count). The summed E-state index contributed by atoms with van der Waals surface area (Å²) in [6, 6.07) is 39.3. The van der Waals surface area contributed by atoms with E-state index in [1.807, 2.05) is 36.4 Å². The number of benzene rings is 5. The normalized spacial score (nSPS) is 11.5. The fourth-order valence-corrected chi connectivity index (χ4v) is 4.72. The van der Waals surface area contributed by atoms with Gasteiger partial charge in [-0.25, -0.2) is 4.98 Å². The second kappa shape index (κ2) is 7.46. The Morgan fingerprint density at radius 1 is 0.441 bits per heavy atom. The van der Waals surface area contributed by atoms with Crippen LogP contribution >= 0.6 is 0 Å². The van der Waals surface area contributed by atoms with Crippen molar-refractivity contribution in [3.8, 4) is 33.7 Å². The van der Waals surface area contributed by atoms with Gasteiger partial charge in [0.1, 0.15) is 16.7 Å². The minimum Gasteiger partial charge on any atom is -0.455 e. The van der Waals surface area contributed by atoms with Gasteiger partial charge in [0.15, 0.2) is 5.58 Å². The summed E-state index contributed by atoms with van der Waals surface area (Å²) in [5.74, 6) is 0.632. The topological polar surface area (TPSA) is 39.2 Å². The minimum atomic E-state index is 0.632. The Morgan fingerprint density at radius 2 is 1.09 bits per heavy atom. The molecule has 0 unspecified atom stereocenters. The Labute approximate surface area is 195 Å². The zero-order valence-electron chi connectivity index (χ0n) is 18.2. The van der Waals surface area contributed by atoms with Crippen LogP contribution in [0.4, 0.5) is 0 Å². The van der Waals surface area contributed by atoms with Crippen molar-refractivity contribution in [2.45, 2.75) is 0 Å². The van der Waals surface area contributed by atoms with Gasteiger partial charge in [-0.3, -0.25) is 0 Å². The van der Waals surface area contributed by atoms with Crippen LogP contribution in [0.25, 0.3) is 66.7 Å². The van der Waals surface area contributed by atoms with E-state index in [-0.39, 0.29) is 0 Å². The van der Waals surface area contributed by atoms with Crippen molar-refractivity contribution in [1.82, 2.24) is 4.98 Å². The van der Waals surface area contributed by atoms with Gasteiger partial charge in [-0.05, 0) is 47.0 Å². The minimum absolute atomic E-state index is 0.632. The number of nitrogens with zero attached hydrogens (tertiary/aromatic N) is 1. The monoisotopic (exact) mass is 437 g/mol. The highest BCUT2D eigenvalue weighted by molar-refractivity contribution is 6.10. The van der Waals surface area contributed by atoms with Crippen molar-refractivity contribution in [1.29, 1.82) is 0 Å². The fourth-order valence-electron chi connectivity index (χ4n) is 4.72. The Kier molecular flexibility index (Phi) is 4.15. The third kappa shape index (κ3) is 2.95. The molecule has 0 atom stereocenters. The van der Waals surface area contributed by atoms with E-state index < -0.39 is 0 Å². The summed E-state index contributed by atoms with van der Waals surface area (Å²) in [4.78, 5) is 4.63. The van der Waals surface area contributed by atoms with Crippen molar-refractivity contribution in [3.63, 3.8) is 0 Å². The average molecular weight is 437 g/mol. The van der Waals surface area contributed by atoms with Crippen molar-refractivity contribution in [3.05, 3.63) is 115 Å². The number of hydrogen-bond donors (Lipinski definition) is 0. The Bertz CT molecular complexity index is 1770. The molecule has 0 saturated heterocycles. The number of furan rings is 1. The number of para-hydroxylation sites is 4. The molecule has 0 saturated carbocycles. The number of rotatable bonds is 3. The van der Waals surface area contributed by atoms with E-state index in [1.54, 1.807) is 0 Å². The van der Waals surface area contributed by atoms with Gasteiger partial charge in [0.2, 0.25) is 5.89 Å². The van der Waals surface area contributed by atoms with Crippen LogP contribution in [0, 0.1) is 0 Å². The van der Waals surface area contributed by atoms with Crippen LogP contribution in [-0.2, 0) is 0 Å². The molecule has 0 spiro atoms. The van der Waals surface area contributed by atoms with E-state index >= 15 is 0 Å². The highest BCUT2D eigenvalue weighted by Gasteiger charge is 2.15. The molecule has 160 valence electrons. The molecule has 2 aromatic heterocycles. The molecule has 7 aromatic rings. The van der Waals surface area contributed by atoms with E-state index in [0.29, 0.717) is 5.89 Å². The van der Waals surface area contributed by atoms with E-state index in [4.69, 9.17) is 8.83 Å². The smallest absolute Gasteiger partial charge is 0.227 e. The Hall–Kier alpha value is -4.63. The highest BCUT2D eigenvalue weighted by atomic mass is 16.3. The number of oxazole rings is 1. The molecule has 0 aliphatic heterocycles. The number of hydrogen-bond acceptors (Lipinski definition) is 3. The Balaban J connectivity index is 1.35. The van der Waals surface area contributed by atoms with Crippen LogP contribution in [0.3, 0.4) is 0 Å². The summed E-state index contributed by atoms with van der Waals surface area (Å²) >= 11 is 0. The van der Waals surface area contributed by atoms with E-state index in [0.717, 1.165) is 60.9 Å². The summed E-state index contributed by atoms with van der Waals surface area (Å²) in [7, 11) is 0. The molecule has 0 fully saturated rings. The largest absolute Gasteiger partial charge is 0.455 e. The molecule has 0 aliphatic carbocycles. The summed E-state index contributed by atoms with van der Waals surface area (Å²) in [5.41, 5.74) is 8.95. The Morgan fingerprint density at radius 3 is 1.94 bits per heavy atom. The maximum absolute atomic E-state index is 6.31. The molecule has 34 heavy (non-hydrogen) atoms. The second-order valence-corrected chi connectivity index (χ2v) is 8.39. The quantitative estimate of drug-likeness (QED) is 0.277. The maximum atomic E-state index is 6.31. The summed E-state index contributed by atoms with van der Waals surface area (Å²) < 4.78 is 12.3. The molecule has 5 aromatic carbocycles. The molecule has 2 heterocycles. The first kappa shape index (κ1) is 18.9. The zero-order chi connectivity index (χ0) is 22.5. The lowest BCUT2D eigenvalue weighted by atomic mass is 9.93. The molecule has 0 bridgehead atoms. The molecule has 0 amide bonds. The van der Waals surface area contributed by atoms with Crippen molar-refractivity contribution >= 4 is 33.0 Å². The first-order valence-electron chi connectivity index (χ1n) is 11.3. The van der Waals surface area contributed by atoms with Crippen LogP contribution in [0.15, 0.2) is 124 Å². The second-order valence-electron chi connectivity index (χ2n) is 8.39. The standard InChI is InChI=1S/C31H19NO2/c1-2-9-23(25-11-7-12-26-24-10-3-5-14-28(24)33-30(25)26)22(8-1)20-16-18-21(19-17-20)31-32-27-13-4-6-15-29(27)34-31/h1-19H. The first-order chi connectivity index (χ1) is 16.8. The lowest BCUT2D eigenvalue weighted by Crippen LogP contribution is -1.86. The third-order valence-electron chi connectivity index (χ3n) is 6.36. The van der Waals surface area contributed by atoms with Crippen molar-refractivity contribution < 1.29 is 8.83 Å². The maximum Gasteiger partial charge on any atom is 0.227 e. The average Bonchev–Trinajstić information content (AvgIpc) is 3.50. The zero-order valence-corrected chi connectivity index (χ0v) is 18.2. The van der Waals surface area contributed by atoms with Gasteiger partial charge in [0.05, 0.1) is 0 Å². The van der Waals surface area contributed by atoms with E-state index in [9.17, 15) is 0 Å². The van der Waals surface area contributed by atoms with Gasteiger partial charge < -0.3 is 8.83 Å². The summed E-state index contributed by atoms with van der Waals surface area (Å²) in [6.07, 6.45) is 0. The van der Waals surface area contributed by atoms with Gasteiger partial charge in [0.25, 0.3) is 0 Å². The molecule has 0 aliphatic rings.